The molecule has 5 nitrogen and oxygen atoms in total. The van der Waals surface area contributed by atoms with Crippen molar-refractivity contribution in [3.8, 4) is 0 Å². The van der Waals surface area contributed by atoms with E-state index in [-0.39, 0.29) is 12.1 Å². The largest absolute Gasteiger partial charge is 0.444 e. The Morgan fingerprint density at radius 3 is 2.55 bits per heavy atom. The number of amides is 1. The summed E-state index contributed by atoms with van der Waals surface area (Å²) in [4.78, 5) is 19.3. The lowest BCUT2D eigenvalue weighted by molar-refractivity contribution is 0.0297. The molecule has 126 valence electrons. The minimum atomic E-state index is -0.446. The van der Waals surface area contributed by atoms with Crippen molar-refractivity contribution in [1.29, 1.82) is 0 Å². The molecule has 1 amide bonds. The van der Waals surface area contributed by atoms with E-state index in [2.05, 4.69) is 24.1 Å². The molecule has 0 saturated heterocycles. The lowest BCUT2D eigenvalue weighted by Gasteiger charge is -2.24. The minimum Gasteiger partial charge on any atom is -0.444 e. The van der Waals surface area contributed by atoms with E-state index >= 15 is 0 Å². The van der Waals surface area contributed by atoms with Crippen LogP contribution in [-0.2, 0) is 4.74 Å². The standard InChI is InChI=1S/C16H29N3O2S/c1-11(14-12(2)22-13(3)18-14)17-9-8-10-19(7)15(20)21-16(4,5)6/h11,17H,8-10H2,1-7H3. The number of ether oxygens (including phenoxy) is 1. The van der Waals surface area contributed by atoms with Crippen LogP contribution in [0.1, 0.15) is 55.7 Å². The van der Waals surface area contributed by atoms with Crippen LogP contribution in [-0.4, -0.2) is 41.7 Å². The van der Waals surface area contributed by atoms with Gasteiger partial charge in [0, 0.05) is 24.5 Å². The van der Waals surface area contributed by atoms with Crippen molar-refractivity contribution in [2.45, 2.75) is 59.6 Å². The Kier molecular flexibility index (Phi) is 6.81. The number of aryl methyl sites for hydroxylation is 2. The summed E-state index contributed by atoms with van der Waals surface area (Å²) in [6.45, 7) is 13.4. The summed E-state index contributed by atoms with van der Waals surface area (Å²) in [5, 5.41) is 4.56. The highest BCUT2D eigenvalue weighted by atomic mass is 32.1. The lowest BCUT2D eigenvalue weighted by atomic mass is 10.2. The van der Waals surface area contributed by atoms with Gasteiger partial charge in [-0.15, -0.1) is 11.3 Å². The van der Waals surface area contributed by atoms with Gasteiger partial charge >= 0.3 is 6.09 Å². The van der Waals surface area contributed by atoms with Gasteiger partial charge in [0.05, 0.1) is 10.7 Å². The Morgan fingerprint density at radius 1 is 1.41 bits per heavy atom. The second-order valence-corrected chi connectivity index (χ2v) is 8.01. The Bertz CT molecular complexity index is 494. The van der Waals surface area contributed by atoms with Crippen molar-refractivity contribution in [3.05, 3.63) is 15.6 Å². The van der Waals surface area contributed by atoms with E-state index in [1.54, 1.807) is 23.3 Å². The molecule has 0 radical (unpaired) electrons. The highest BCUT2D eigenvalue weighted by Gasteiger charge is 2.19. The fourth-order valence-corrected chi connectivity index (χ4v) is 3.02. The normalized spacial score (nSPS) is 13.0. The molecule has 0 aromatic carbocycles. The first-order chi connectivity index (χ1) is 10.1. The third kappa shape index (κ3) is 6.32. The van der Waals surface area contributed by atoms with Crippen LogP contribution in [0.5, 0.6) is 0 Å². The van der Waals surface area contributed by atoms with Gasteiger partial charge in [0.2, 0.25) is 0 Å². The predicted molar refractivity (Wildman–Crippen MR) is 91.5 cm³/mol. The first kappa shape index (κ1) is 18.9. The van der Waals surface area contributed by atoms with Crippen molar-refractivity contribution >= 4 is 17.4 Å². The first-order valence-corrected chi connectivity index (χ1v) is 8.53. The van der Waals surface area contributed by atoms with Gasteiger partial charge < -0.3 is 15.0 Å². The fourth-order valence-electron chi connectivity index (χ4n) is 2.11. The summed E-state index contributed by atoms with van der Waals surface area (Å²) in [5.74, 6) is 0. The maximum Gasteiger partial charge on any atom is 0.410 e. The third-order valence-corrected chi connectivity index (χ3v) is 4.08. The number of hydrogen-bond donors (Lipinski definition) is 1. The number of carbonyl (C=O) groups is 1. The van der Waals surface area contributed by atoms with E-state index in [9.17, 15) is 4.79 Å². The minimum absolute atomic E-state index is 0.233. The van der Waals surface area contributed by atoms with Crippen LogP contribution in [0.4, 0.5) is 4.79 Å². The van der Waals surface area contributed by atoms with Crippen molar-refractivity contribution in [3.63, 3.8) is 0 Å². The fraction of sp³-hybridized carbons (Fsp3) is 0.750. The van der Waals surface area contributed by atoms with E-state index in [1.165, 1.54) is 4.88 Å². The van der Waals surface area contributed by atoms with Gasteiger partial charge in [-0.05, 0) is 54.5 Å². The van der Waals surface area contributed by atoms with Gasteiger partial charge in [-0.25, -0.2) is 9.78 Å². The van der Waals surface area contributed by atoms with Crippen LogP contribution >= 0.6 is 11.3 Å². The SMILES string of the molecule is Cc1nc(C(C)NCCCN(C)C(=O)OC(C)(C)C)c(C)s1. The van der Waals surface area contributed by atoms with Gasteiger partial charge in [-0.1, -0.05) is 0 Å². The van der Waals surface area contributed by atoms with E-state index < -0.39 is 5.60 Å². The van der Waals surface area contributed by atoms with Crippen LogP contribution in [0.25, 0.3) is 0 Å². The number of carbonyl (C=O) groups excluding carboxylic acids is 1. The molecule has 1 rings (SSSR count). The average molecular weight is 327 g/mol. The molecular formula is C16H29N3O2S. The summed E-state index contributed by atoms with van der Waals surface area (Å²) in [5.41, 5.74) is 0.681. The topological polar surface area (TPSA) is 54.5 Å². The van der Waals surface area contributed by atoms with Gasteiger partial charge in [0.15, 0.2) is 0 Å². The quantitative estimate of drug-likeness (QED) is 0.810. The Morgan fingerprint density at radius 2 is 2.05 bits per heavy atom. The molecular weight excluding hydrogens is 298 g/mol. The van der Waals surface area contributed by atoms with Crippen molar-refractivity contribution in [1.82, 2.24) is 15.2 Å². The number of nitrogens with zero attached hydrogens (tertiary/aromatic N) is 2. The first-order valence-electron chi connectivity index (χ1n) is 7.71. The Balaban J connectivity index is 2.30. The molecule has 1 unspecified atom stereocenters. The summed E-state index contributed by atoms with van der Waals surface area (Å²) < 4.78 is 5.32. The van der Waals surface area contributed by atoms with E-state index in [4.69, 9.17) is 4.74 Å². The number of thiazole rings is 1. The van der Waals surface area contributed by atoms with E-state index in [1.807, 2.05) is 27.7 Å². The molecule has 1 heterocycles. The van der Waals surface area contributed by atoms with E-state index in [0.717, 1.165) is 23.7 Å². The second-order valence-electron chi connectivity index (χ2n) is 6.61. The zero-order valence-corrected chi connectivity index (χ0v) is 15.6. The summed E-state index contributed by atoms with van der Waals surface area (Å²) >= 11 is 1.73. The number of aromatic nitrogens is 1. The molecule has 0 aliphatic rings. The molecule has 1 aromatic heterocycles. The maximum absolute atomic E-state index is 11.8. The van der Waals surface area contributed by atoms with Crippen LogP contribution in [0.2, 0.25) is 0 Å². The van der Waals surface area contributed by atoms with Gasteiger partial charge in [-0.2, -0.15) is 0 Å². The zero-order chi connectivity index (χ0) is 16.9. The average Bonchev–Trinajstić information content (AvgIpc) is 2.71. The highest BCUT2D eigenvalue weighted by Crippen LogP contribution is 2.22. The molecule has 0 fully saturated rings. The molecule has 0 saturated carbocycles. The molecule has 0 aliphatic heterocycles. The zero-order valence-electron chi connectivity index (χ0n) is 14.8. The van der Waals surface area contributed by atoms with E-state index in [0.29, 0.717) is 6.54 Å². The van der Waals surface area contributed by atoms with Crippen LogP contribution in [0.15, 0.2) is 0 Å². The molecule has 1 N–H and O–H groups in total. The second kappa shape index (κ2) is 7.92. The van der Waals surface area contributed by atoms with Crippen molar-refractivity contribution < 1.29 is 9.53 Å². The summed E-state index contributed by atoms with van der Waals surface area (Å²) in [6, 6.07) is 0.233. The summed E-state index contributed by atoms with van der Waals surface area (Å²) in [7, 11) is 1.77. The number of nitrogens with one attached hydrogen (secondary N) is 1. The van der Waals surface area contributed by atoms with Crippen molar-refractivity contribution in [2.75, 3.05) is 20.1 Å². The van der Waals surface area contributed by atoms with Gasteiger partial charge in [0.1, 0.15) is 5.60 Å². The molecule has 0 aliphatic carbocycles. The predicted octanol–water partition coefficient (Wildman–Crippen LogP) is 3.67. The molecule has 1 aromatic rings. The van der Waals surface area contributed by atoms with Crippen LogP contribution in [0, 0.1) is 13.8 Å². The smallest absolute Gasteiger partial charge is 0.410 e. The molecule has 6 heteroatoms. The Labute approximate surface area is 138 Å². The Hall–Kier alpha value is -1.14. The molecule has 0 spiro atoms. The summed E-state index contributed by atoms with van der Waals surface area (Å²) in [6.07, 6.45) is 0.605. The van der Waals surface area contributed by atoms with Crippen LogP contribution < -0.4 is 5.32 Å². The molecule has 0 bridgehead atoms. The monoisotopic (exact) mass is 327 g/mol. The van der Waals surface area contributed by atoms with Crippen LogP contribution in [0.3, 0.4) is 0 Å². The van der Waals surface area contributed by atoms with Crippen molar-refractivity contribution in [2.24, 2.45) is 0 Å². The maximum atomic E-state index is 11.8. The third-order valence-electron chi connectivity index (χ3n) is 3.18. The van der Waals surface area contributed by atoms with Gasteiger partial charge in [-0.3, -0.25) is 0 Å². The number of hydrogen-bond acceptors (Lipinski definition) is 5. The lowest BCUT2D eigenvalue weighted by Crippen LogP contribution is -2.35. The molecule has 22 heavy (non-hydrogen) atoms. The highest BCUT2D eigenvalue weighted by molar-refractivity contribution is 7.11. The van der Waals surface area contributed by atoms with Gasteiger partial charge in [0.25, 0.3) is 0 Å². The number of rotatable bonds is 6. The molecule has 1 atom stereocenters.